The lowest BCUT2D eigenvalue weighted by Gasteiger charge is -2.35. The van der Waals surface area contributed by atoms with Gasteiger partial charge >= 0.3 is 0 Å². The molecule has 100 valence electrons. The number of hydrogen-bond donors (Lipinski definition) is 0. The van der Waals surface area contributed by atoms with E-state index < -0.39 is 5.60 Å². The summed E-state index contributed by atoms with van der Waals surface area (Å²) in [6.07, 6.45) is 8.18. The minimum atomic E-state index is -0.643. The molecule has 1 heterocycles. The van der Waals surface area contributed by atoms with Crippen LogP contribution < -0.4 is 0 Å². The summed E-state index contributed by atoms with van der Waals surface area (Å²) in [4.78, 5) is 12.8. The highest BCUT2D eigenvalue weighted by atomic mass is 16.5. The molecule has 2 rings (SSSR count). The van der Waals surface area contributed by atoms with Gasteiger partial charge in [-0.1, -0.05) is 26.0 Å². The molecule has 0 radical (unpaired) electrons. The van der Waals surface area contributed by atoms with Gasteiger partial charge in [0.25, 0.3) is 0 Å². The Balaban J connectivity index is 2.39. The van der Waals surface area contributed by atoms with Crippen LogP contribution in [-0.2, 0) is 9.53 Å². The van der Waals surface area contributed by atoms with Crippen LogP contribution >= 0.6 is 0 Å². The number of Topliss-reactive ketones (excluding diaryl/α,β-unsaturated/α-hetero) is 1. The van der Waals surface area contributed by atoms with Crippen molar-refractivity contribution in [1.82, 2.24) is 0 Å². The summed E-state index contributed by atoms with van der Waals surface area (Å²) < 4.78 is 6.42. The van der Waals surface area contributed by atoms with Crippen LogP contribution in [0.25, 0.3) is 0 Å². The van der Waals surface area contributed by atoms with Crippen molar-refractivity contribution >= 4 is 5.78 Å². The topological polar surface area (TPSA) is 26.3 Å². The number of carbonyl (C=O) groups excluding carboxylic acids is 1. The highest BCUT2D eigenvalue weighted by Gasteiger charge is 2.63. The number of hydrogen-bond acceptors (Lipinski definition) is 2. The molecule has 0 amide bonds. The summed E-state index contributed by atoms with van der Waals surface area (Å²) in [6.45, 7) is 11.8. The van der Waals surface area contributed by atoms with Crippen molar-refractivity contribution in [2.75, 3.05) is 0 Å². The van der Waals surface area contributed by atoms with Crippen molar-refractivity contribution in [3.8, 4) is 0 Å². The molecule has 1 unspecified atom stereocenters. The highest BCUT2D eigenvalue weighted by molar-refractivity contribution is 5.93. The predicted molar refractivity (Wildman–Crippen MR) is 73.4 cm³/mol. The Morgan fingerprint density at radius 1 is 1.39 bits per heavy atom. The Hall–Kier alpha value is -0.890. The minimum absolute atomic E-state index is 0.0675. The van der Waals surface area contributed by atoms with Crippen LogP contribution in [0.1, 0.15) is 46.0 Å². The van der Waals surface area contributed by atoms with Crippen LogP contribution in [0.15, 0.2) is 25.3 Å². The average Bonchev–Trinajstić information content (AvgIpc) is 2.79. The molecule has 1 aliphatic heterocycles. The van der Waals surface area contributed by atoms with Gasteiger partial charge in [-0.2, -0.15) is 0 Å². The molecule has 0 aromatic carbocycles. The van der Waals surface area contributed by atoms with E-state index in [0.717, 1.165) is 25.7 Å². The SMILES string of the molecule is C=CC[C@@]12CCCC1C(=O)[C@](CC=C)(C(C)C)O2. The normalized spacial score (nSPS) is 39.1. The maximum Gasteiger partial charge on any atom is 0.171 e. The van der Waals surface area contributed by atoms with Gasteiger partial charge < -0.3 is 4.74 Å². The van der Waals surface area contributed by atoms with Gasteiger partial charge in [-0.3, -0.25) is 4.79 Å². The summed E-state index contributed by atoms with van der Waals surface area (Å²) in [5.41, 5.74) is -0.915. The first kappa shape index (κ1) is 13.5. The fourth-order valence-electron chi connectivity index (χ4n) is 3.77. The van der Waals surface area contributed by atoms with Gasteiger partial charge in [0, 0.05) is 6.42 Å². The zero-order valence-corrected chi connectivity index (χ0v) is 11.6. The van der Waals surface area contributed by atoms with Gasteiger partial charge in [0.05, 0.1) is 11.5 Å². The van der Waals surface area contributed by atoms with Gasteiger partial charge in [-0.25, -0.2) is 0 Å². The molecule has 0 spiro atoms. The van der Waals surface area contributed by atoms with Crippen molar-refractivity contribution in [2.45, 2.75) is 57.2 Å². The maximum atomic E-state index is 12.8. The van der Waals surface area contributed by atoms with Gasteiger partial charge in [0.2, 0.25) is 0 Å². The van der Waals surface area contributed by atoms with E-state index in [4.69, 9.17) is 4.74 Å². The summed E-state index contributed by atoms with van der Waals surface area (Å²) in [6, 6.07) is 0. The number of rotatable bonds is 5. The van der Waals surface area contributed by atoms with E-state index in [0.29, 0.717) is 12.2 Å². The lowest BCUT2D eigenvalue weighted by molar-refractivity contribution is -0.150. The number of carbonyl (C=O) groups is 1. The molecule has 2 fully saturated rings. The molecule has 0 N–H and O–H groups in total. The van der Waals surface area contributed by atoms with Gasteiger partial charge in [0.15, 0.2) is 5.78 Å². The number of fused-ring (bicyclic) bond motifs is 1. The molecule has 0 aromatic heterocycles. The third-order valence-electron chi connectivity index (χ3n) is 4.72. The second kappa shape index (κ2) is 4.65. The van der Waals surface area contributed by atoms with Crippen LogP contribution in [0.2, 0.25) is 0 Å². The molecule has 2 heteroatoms. The van der Waals surface area contributed by atoms with Gasteiger partial charge in [0.1, 0.15) is 5.60 Å². The van der Waals surface area contributed by atoms with Crippen LogP contribution in [0.3, 0.4) is 0 Å². The molecule has 1 aliphatic carbocycles. The van der Waals surface area contributed by atoms with Gasteiger partial charge in [-0.05, 0) is 31.6 Å². The standard InChI is InChI=1S/C16H24O2/c1-5-9-15-11-7-8-13(15)14(17)16(18-15,10-6-2)12(3)4/h5-6,12-13H,1-2,7-11H2,3-4H3/t13?,15-,16+/m1/s1. The van der Waals surface area contributed by atoms with E-state index >= 15 is 0 Å². The van der Waals surface area contributed by atoms with Crippen LogP contribution in [0.4, 0.5) is 0 Å². The zero-order chi connectivity index (χ0) is 13.4. The lowest BCUT2D eigenvalue weighted by Crippen LogP contribution is -2.43. The van der Waals surface area contributed by atoms with E-state index in [9.17, 15) is 4.79 Å². The third kappa shape index (κ3) is 1.70. The van der Waals surface area contributed by atoms with Crippen LogP contribution in [0, 0.1) is 11.8 Å². The summed E-state index contributed by atoms with van der Waals surface area (Å²) >= 11 is 0. The van der Waals surface area contributed by atoms with Crippen molar-refractivity contribution in [2.24, 2.45) is 11.8 Å². The van der Waals surface area contributed by atoms with E-state index in [2.05, 4.69) is 27.0 Å². The van der Waals surface area contributed by atoms with Crippen molar-refractivity contribution in [3.63, 3.8) is 0 Å². The van der Waals surface area contributed by atoms with Crippen molar-refractivity contribution < 1.29 is 9.53 Å². The second-order valence-electron chi connectivity index (χ2n) is 6.01. The van der Waals surface area contributed by atoms with Gasteiger partial charge in [-0.15, -0.1) is 13.2 Å². The molecule has 0 bridgehead atoms. The zero-order valence-electron chi connectivity index (χ0n) is 11.6. The molecule has 2 nitrogen and oxygen atoms in total. The molecule has 1 saturated heterocycles. The van der Waals surface area contributed by atoms with E-state index in [1.807, 2.05) is 12.2 Å². The Morgan fingerprint density at radius 3 is 2.61 bits per heavy atom. The number of ketones is 1. The second-order valence-corrected chi connectivity index (χ2v) is 6.01. The first-order valence-electron chi connectivity index (χ1n) is 6.99. The van der Waals surface area contributed by atoms with Crippen molar-refractivity contribution in [3.05, 3.63) is 25.3 Å². The fourth-order valence-corrected chi connectivity index (χ4v) is 3.77. The fraction of sp³-hybridized carbons (Fsp3) is 0.688. The van der Waals surface area contributed by atoms with E-state index in [1.54, 1.807) is 0 Å². The first-order valence-corrected chi connectivity index (χ1v) is 6.99. The smallest absolute Gasteiger partial charge is 0.171 e. The molecule has 0 aromatic rings. The Morgan fingerprint density at radius 2 is 2.06 bits per heavy atom. The third-order valence-corrected chi connectivity index (χ3v) is 4.72. The maximum absolute atomic E-state index is 12.8. The monoisotopic (exact) mass is 248 g/mol. The average molecular weight is 248 g/mol. The van der Waals surface area contributed by atoms with Crippen LogP contribution in [-0.4, -0.2) is 17.0 Å². The lowest BCUT2D eigenvalue weighted by atomic mass is 9.78. The minimum Gasteiger partial charge on any atom is -0.359 e. The molecule has 1 saturated carbocycles. The molecule has 18 heavy (non-hydrogen) atoms. The predicted octanol–water partition coefficient (Wildman–Crippen LogP) is 3.67. The van der Waals surface area contributed by atoms with E-state index in [-0.39, 0.29) is 17.4 Å². The molecular formula is C16H24O2. The summed E-state index contributed by atoms with van der Waals surface area (Å²) in [5.74, 6) is 0.560. The Labute approximate surface area is 110 Å². The summed E-state index contributed by atoms with van der Waals surface area (Å²) in [7, 11) is 0. The Bertz CT molecular complexity index is 371. The molecule has 2 aliphatic rings. The largest absolute Gasteiger partial charge is 0.359 e. The van der Waals surface area contributed by atoms with Crippen LogP contribution in [0.5, 0.6) is 0 Å². The highest BCUT2D eigenvalue weighted by Crippen LogP contribution is 2.54. The summed E-state index contributed by atoms with van der Waals surface area (Å²) in [5, 5.41) is 0. The molecule has 3 atom stereocenters. The first-order chi connectivity index (χ1) is 8.52. The quantitative estimate of drug-likeness (QED) is 0.694. The van der Waals surface area contributed by atoms with Crippen molar-refractivity contribution in [1.29, 1.82) is 0 Å². The Kier molecular flexibility index (Phi) is 3.50. The van der Waals surface area contributed by atoms with E-state index in [1.165, 1.54) is 0 Å². The molecular weight excluding hydrogens is 224 g/mol. The number of ether oxygens (including phenoxy) is 1.